The lowest BCUT2D eigenvalue weighted by molar-refractivity contribution is -0.141. The molecule has 0 saturated carbocycles. The predicted octanol–water partition coefficient (Wildman–Crippen LogP) is 3.27. The largest absolute Gasteiger partial charge is 0.494 e. The summed E-state index contributed by atoms with van der Waals surface area (Å²) >= 11 is 0. The Morgan fingerprint density at radius 1 is 1.35 bits per heavy atom. The summed E-state index contributed by atoms with van der Waals surface area (Å²) in [7, 11) is 0. The molecule has 0 aromatic heterocycles. The molecule has 1 aromatic carbocycles. The minimum absolute atomic E-state index is 0.215. The van der Waals surface area contributed by atoms with Crippen LogP contribution in [0.5, 0.6) is 5.75 Å². The number of rotatable bonds is 7. The summed E-state index contributed by atoms with van der Waals surface area (Å²) in [5.41, 5.74) is -0.716. The maximum Gasteiger partial charge on any atom is 0.416 e. The van der Waals surface area contributed by atoms with E-state index in [1.807, 2.05) is 0 Å². The van der Waals surface area contributed by atoms with Gasteiger partial charge in [-0.25, -0.2) is 0 Å². The van der Waals surface area contributed by atoms with Crippen molar-refractivity contribution in [1.82, 2.24) is 4.90 Å². The molecule has 0 radical (unpaired) electrons. The number of hydrogen-bond acceptors (Lipinski definition) is 3. The zero-order valence-electron chi connectivity index (χ0n) is 12.7. The number of halogens is 3. The third-order valence-corrected chi connectivity index (χ3v) is 3.92. The molecule has 1 fully saturated rings. The fourth-order valence-electron chi connectivity index (χ4n) is 2.63. The van der Waals surface area contributed by atoms with Crippen molar-refractivity contribution in [3.05, 3.63) is 29.8 Å². The molecule has 1 saturated heterocycles. The van der Waals surface area contributed by atoms with Crippen LogP contribution in [0.2, 0.25) is 0 Å². The molecule has 0 bridgehead atoms. The van der Waals surface area contributed by atoms with E-state index in [1.54, 1.807) is 0 Å². The van der Waals surface area contributed by atoms with Crippen molar-refractivity contribution in [2.75, 3.05) is 26.2 Å². The summed E-state index contributed by atoms with van der Waals surface area (Å²) in [4.78, 5) is 13.0. The summed E-state index contributed by atoms with van der Waals surface area (Å²) in [6.45, 7) is 2.49. The first kappa shape index (κ1) is 17.6. The van der Waals surface area contributed by atoms with E-state index in [9.17, 15) is 18.0 Å². The van der Waals surface area contributed by atoms with Crippen LogP contribution in [-0.4, -0.2) is 42.2 Å². The molecule has 1 unspecified atom stereocenters. The predicted molar refractivity (Wildman–Crippen MR) is 78.4 cm³/mol. The van der Waals surface area contributed by atoms with Crippen LogP contribution in [0.1, 0.15) is 24.8 Å². The Bertz CT molecular complexity index is 534. The lowest BCUT2D eigenvalue weighted by Crippen LogP contribution is -2.24. The first-order valence-electron chi connectivity index (χ1n) is 7.61. The van der Waals surface area contributed by atoms with Crippen LogP contribution in [0.3, 0.4) is 0 Å². The molecule has 1 atom stereocenters. The van der Waals surface area contributed by atoms with Crippen molar-refractivity contribution in [2.24, 2.45) is 5.92 Å². The number of hydrogen-bond donors (Lipinski definition) is 1. The average molecular weight is 331 g/mol. The van der Waals surface area contributed by atoms with Crippen molar-refractivity contribution in [3.63, 3.8) is 0 Å². The molecule has 1 aliphatic heterocycles. The molecule has 0 aliphatic carbocycles. The number of carbonyl (C=O) groups is 1. The minimum atomic E-state index is -4.37. The van der Waals surface area contributed by atoms with Crippen molar-refractivity contribution < 1.29 is 27.8 Å². The van der Waals surface area contributed by atoms with Crippen molar-refractivity contribution in [1.29, 1.82) is 0 Å². The Labute approximate surface area is 132 Å². The number of benzene rings is 1. The second-order valence-corrected chi connectivity index (χ2v) is 5.71. The molecule has 128 valence electrons. The summed E-state index contributed by atoms with van der Waals surface area (Å²) < 4.78 is 43.1. The molecule has 1 heterocycles. The lowest BCUT2D eigenvalue weighted by Gasteiger charge is -2.15. The SMILES string of the molecule is O=C(O)C1CCN(CCCCOc2cccc(C(F)(F)F)c2)C1. The van der Waals surface area contributed by atoms with Gasteiger partial charge in [-0.2, -0.15) is 13.2 Å². The molecular weight excluding hydrogens is 311 g/mol. The van der Waals surface area contributed by atoms with Gasteiger partial charge in [0.15, 0.2) is 0 Å². The average Bonchev–Trinajstić information content (AvgIpc) is 2.95. The molecule has 2 rings (SSSR count). The van der Waals surface area contributed by atoms with Gasteiger partial charge in [0.05, 0.1) is 18.1 Å². The molecule has 0 spiro atoms. The smallest absolute Gasteiger partial charge is 0.416 e. The van der Waals surface area contributed by atoms with Gasteiger partial charge in [0, 0.05) is 6.54 Å². The molecule has 1 aliphatic rings. The van der Waals surface area contributed by atoms with E-state index in [4.69, 9.17) is 9.84 Å². The van der Waals surface area contributed by atoms with E-state index < -0.39 is 17.7 Å². The lowest BCUT2D eigenvalue weighted by atomic mass is 10.1. The van der Waals surface area contributed by atoms with Gasteiger partial charge in [-0.1, -0.05) is 6.07 Å². The Balaban J connectivity index is 1.65. The molecule has 7 heteroatoms. The first-order valence-corrected chi connectivity index (χ1v) is 7.61. The number of ether oxygens (including phenoxy) is 1. The summed E-state index contributed by atoms with van der Waals surface area (Å²) in [5.74, 6) is -0.816. The number of alkyl halides is 3. The van der Waals surface area contributed by atoms with Crippen LogP contribution in [0, 0.1) is 5.92 Å². The number of carboxylic acid groups (broad SMARTS) is 1. The standard InChI is InChI=1S/C16H20F3NO3/c17-16(18,19)13-4-3-5-14(10-13)23-9-2-1-7-20-8-6-12(11-20)15(21)22/h3-5,10,12H,1-2,6-9,11H2,(H,21,22). The second-order valence-electron chi connectivity index (χ2n) is 5.71. The highest BCUT2D eigenvalue weighted by Gasteiger charge is 2.30. The number of unbranched alkanes of at least 4 members (excludes halogenated alkanes) is 1. The van der Waals surface area contributed by atoms with Gasteiger partial charge in [-0.05, 0) is 50.6 Å². The quantitative estimate of drug-likeness (QED) is 0.779. The zero-order chi connectivity index (χ0) is 16.9. The van der Waals surface area contributed by atoms with Crippen LogP contribution >= 0.6 is 0 Å². The third-order valence-electron chi connectivity index (χ3n) is 3.92. The van der Waals surface area contributed by atoms with Gasteiger partial charge in [-0.3, -0.25) is 4.79 Å². The molecule has 0 amide bonds. The van der Waals surface area contributed by atoms with Gasteiger partial charge in [-0.15, -0.1) is 0 Å². The maximum absolute atomic E-state index is 12.6. The highest BCUT2D eigenvalue weighted by molar-refractivity contribution is 5.70. The molecular formula is C16H20F3NO3. The molecule has 23 heavy (non-hydrogen) atoms. The van der Waals surface area contributed by atoms with Crippen molar-refractivity contribution in [2.45, 2.75) is 25.4 Å². The number of carboxylic acids is 1. The monoisotopic (exact) mass is 331 g/mol. The Morgan fingerprint density at radius 3 is 2.78 bits per heavy atom. The van der Waals surface area contributed by atoms with E-state index in [0.29, 0.717) is 26.0 Å². The van der Waals surface area contributed by atoms with E-state index in [2.05, 4.69) is 4.90 Å². The van der Waals surface area contributed by atoms with Crippen LogP contribution in [0.4, 0.5) is 13.2 Å². The normalized spacial score (nSPS) is 19.0. The van der Waals surface area contributed by atoms with Gasteiger partial charge in [0.2, 0.25) is 0 Å². The summed E-state index contributed by atoms with van der Waals surface area (Å²) in [6, 6.07) is 4.85. The Hall–Kier alpha value is -1.76. The zero-order valence-corrected chi connectivity index (χ0v) is 12.7. The van der Waals surface area contributed by atoms with E-state index in [-0.39, 0.29) is 11.7 Å². The van der Waals surface area contributed by atoms with Gasteiger partial charge in [0.25, 0.3) is 0 Å². The topological polar surface area (TPSA) is 49.8 Å². The fourth-order valence-corrected chi connectivity index (χ4v) is 2.63. The van der Waals surface area contributed by atoms with Crippen LogP contribution in [0.25, 0.3) is 0 Å². The summed E-state index contributed by atoms with van der Waals surface area (Å²) in [5, 5.41) is 8.92. The number of nitrogens with zero attached hydrogens (tertiary/aromatic N) is 1. The van der Waals surface area contributed by atoms with Gasteiger partial charge >= 0.3 is 12.1 Å². The van der Waals surface area contributed by atoms with Gasteiger partial charge in [0.1, 0.15) is 5.75 Å². The first-order chi connectivity index (χ1) is 10.9. The van der Waals surface area contributed by atoms with E-state index in [1.165, 1.54) is 12.1 Å². The van der Waals surface area contributed by atoms with Crippen LogP contribution in [-0.2, 0) is 11.0 Å². The molecule has 4 nitrogen and oxygen atoms in total. The molecule has 1 aromatic rings. The second kappa shape index (κ2) is 7.68. The minimum Gasteiger partial charge on any atom is -0.494 e. The van der Waals surface area contributed by atoms with Gasteiger partial charge < -0.3 is 14.7 Å². The fraction of sp³-hybridized carbons (Fsp3) is 0.562. The van der Waals surface area contributed by atoms with Crippen molar-refractivity contribution >= 4 is 5.97 Å². The van der Waals surface area contributed by atoms with Crippen LogP contribution < -0.4 is 4.74 Å². The van der Waals surface area contributed by atoms with E-state index >= 15 is 0 Å². The Morgan fingerprint density at radius 2 is 2.13 bits per heavy atom. The molecule has 1 N–H and O–H groups in total. The highest BCUT2D eigenvalue weighted by atomic mass is 19.4. The number of likely N-dealkylation sites (tertiary alicyclic amines) is 1. The highest BCUT2D eigenvalue weighted by Crippen LogP contribution is 2.31. The van der Waals surface area contributed by atoms with E-state index in [0.717, 1.165) is 31.6 Å². The maximum atomic E-state index is 12.6. The van der Waals surface area contributed by atoms with Crippen LogP contribution in [0.15, 0.2) is 24.3 Å². The summed E-state index contributed by atoms with van der Waals surface area (Å²) in [6.07, 6.45) is -2.15. The Kier molecular flexibility index (Phi) is 5.87. The van der Waals surface area contributed by atoms with Crippen molar-refractivity contribution in [3.8, 4) is 5.75 Å². The third kappa shape index (κ3) is 5.42. The number of aliphatic carboxylic acids is 1.